The van der Waals surface area contributed by atoms with Gasteiger partial charge in [-0.05, 0) is 48.8 Å². The number of methoxy groups -OCH3 is 1. The van der Waals surface area contributed by atoms with E-state index >= 15 is 0 Å². The SMILES string of the molecule is CCCCCCCCC=CCCCCCCCCOCC(COC(c1ccccc1)(c1ccccc1)c1ccccc1)OC. The Morgan fingerprint density at radius 3 is 1.43 bits per heavy atom. The summed E-state index contributed by atoms with van der Waals surface area (Å²) in [7, 11) is 1.75. The molecule has 0 aromatic heterocycles. The Balaban J connectivity index is 1.36. The predicted octanol–water partition coefficient (Wildman–Crippen LogP) is 11.1. The Labute approximate surface area is 269 Å². The average molecular weight is 599 g/mol. The summed E-state index contributed by atoms with van der Waals surface area (Å²) in [5.74, 6) is 0. The largest absolute Gasteiger partial charge is 0.379 e. The fourth-order valence-corrected chi connectivity index (χ4v) is 5.84. The van der Waals surface area contributed by atoms with E-state index in [4.69, 9.17) is 14.2 Å². The lowest BCUT2D eigenvalue weighted by molar-refractivity contribution is -0.0785. The zero-order valence-electron chi connectivity index (χ0n) is 27.6. The third-order valence-electron chi connectivity index (χ3n) is 8.46. The van der Waals surface area contributed by atoms with E-state index in [1.54, 1.807) is 7.11 Å². The van der Waals surface area contributed by atoms with Crippen molar-refractivity contribution in [2.24, 2.45) is 0 Å². The minimum atomic E-state index is -0.746. The number of allylic oxidation sites excluding steroid dienone is 2. The maximum Gasteiger partial charge on any atom is 0.143 e. The van der Waals surface area contributed by atoms with Gasteiger partial charge in [0.25, 0.3) is 0 Å². The molecular formula is C41H58O3. The molecule has 0 aliphatic heterocycles. The smallest absolute Gasteiger partial charge is 0.143 e. The van der Waals surface area contributed by atoms with Crippen molar-refractivity contribution in [3.05, 3.63) is 120 Å². The highest BCUT2D eigenvalue weighted by Gasteiger charge is 2.38. The second-order valence-electron chi connectivity index (χ2n) is 12.0. The highest BCUT2D eigenvalue weighted by Crippen LogP contribution is 2.40. The monoisotopic (exact) mass is 598 g/mol. The molecule has 0 amide bonds. The number of hydrogen-bond donors (Lipinski definition) is 0. The van der Waals surface area contributed by atoms with Crippen LogP contribution >= 0.6 is 0 Å². The number of ether oxygens (including phenoxy) is 3. The highest BCUT2D eigenvalue weighted by molar-refractivity contribution is 5.47. The average Bonchev–Trinajstić information content (AvgIpc) is 3.08. The van der Waals surface area contributed by atoms with Crippen LogP contribution in [0.15, 0.2) is 103 Å². The van der Waals surface area contributed by atoms with Gasteiger partial charge in [-0.25, -0.2) is 0 Å². The van der Waals surface area contributed by atoms with Gasteiger partial charge in [-0.1, -0.05) is 168 Å². The zero-order valence-corrected chi connectivity index (χ0v) is 27.6. The maximum atomic E-state index is 6.92. The topological polar surface area (TPSA) is 27.7 Å². The van der Waals surface area contributed by atoms with Gasteiger partial charge in [0.1, 0.15) is 11.7 Å². The lowest BCUT2D eigenvalue weighted by Gasteiger charge is -2.37. The van der Waals surface area contributed by atoms with Crippen LogP contribution in [0.4, 0.5) is 0 Å². The first kappa shape index (κ1) is 35.8. The van der Waals surface area contributed by atoms with E-state index in [2.05, 4.69) is 91.9 Å². The molecule has 3 rings (SSSR count). The zero-order chi connectivity index (χ0) is 31.0. The van der Waals surface area contributed by atoms with Crippen LogP contribution in [0, 0.1) is 0 Å². The van der Waals surface area contributed by atoms with Crippen molar-refractivity contribution >= 4 is 0 Å². The third-order valence-corrected chi connectivity index (χ3v) is 8.46. The Morgan fingerprint density at radius 1 is 0.545 bits per heavy atom. The molecule has 0 bridgehead atoms. The molecule has 3 aromatic rings. The molecule has 3 heteroatoms. The molecule has 3 aromatic carbocycles. The molecule has 44 heavy (non-hydrogen) atoms. The quantitative estimate of drug-likeness (QED) is 0.0551. The van der Waals surface area contributed by atoms with Gasteiger partial charge in [0.2, 0.25) is 0 Å². The highest BCUT2D eigenvalue weighted by atomic mass is 16.6. The summed E-state index contributed by atoms with van der Waals surface area (Å²) in [6, 6.07) is 31.5. The Bertz CT molecular complexity index is 1000. The molecule has 3 nitrogen and oxygen atoms in total. The van der Waals surface area contributed by atoms with Crippen molar-refractivity contribution in [2.45, 2.75) is 109 Å². The number of hydrogen-bond acceptors (Lipinski definition) is 3. The van der Waals surface area contributed by atoms with Crippen LogP contribution in [0.2, 0.25) is 0 Å². The Hall–Kier alpha value is -2.72. The van der Waals surface area contributed by atoms with Crippen LogP contribution in [0.3, 0.4) is 0 Å². The number of benzene rings is 3. The summed E-state index contributed by atoms with van der Waals surface area (Å²) < 4.78 is 18.8. The predicted molar refractivity (Wildman–Crippen MR) is 186 cm³/mol. The molecular weight excluding hydrogens is 540 g/mol. The normalized spacial score (nSPS) is 12.6. The van der Waals surface area contributed by atoms with Crippen molar-refractivity contribution in [3.8, 4) is 0 Å². The molecule has 1 unspecified atom stereocenters. The molecule has 0 saturated heterocycles. The molecule has 0 aliphatic carbocycles. The van der Waals surface area contributed by atoms with Gasteiger partial charge in [0.15, 0.2) is 0 Å². The second-order valence-corrected chi connectivity index (χ2v) is 12.0. The minimum absolute atomic E-state index is 0.153. The number of rotatable bonds is 25. The molecule has 0 spiro atoms. The molecule has 0 radical (unpaired) electrons. The van der Waals surface area contributed by atoms with E-state index in [9.17, 15) is 0 Å². The van der Waals surface area contributed by atoms with Crippen LogP contribution < -0.4 is 0 Å². The van der Waals surface area contributed by atoms with E-state index in [1.807, 2.05) is 18.2 Å². The van der Waals surface area contributed by atoms with Gasteiger partial charge in [-0.3, -0.25) is 0 Å². The van der Waals surface area contributed by atoms with E-state index < -0.39 is 5.60 Å². The summed E-state index contributed by atoms with van der Waals surface area (Å²) in [5, 5.41) is 0. The standard InChI is InChI=1S/C41H58O3/c1-3-4-5-6-7-8-9-10-11-12-13-14-15-16-17-27-34-43-35-40(42-2)36-44-41(37-28-21-18-22-29-37,38-30-23-19-24-31-38)39-32-25-20-26-33-39/h10-11,18-26,28-33,40H,3-9,12-17,27,34-36H2,1-2H3. The molecule has 0 heterocycles. The van der Waals surface area contributed by atoms with E-state index in [-0.39, 0.29) is 6.10 Å². The lowest BCUT2D eigenvalue weighted by atomic mass is 9.80. The second kappa shape index (κ2) is 22.7. The first-order valence-electron chi connectivity index (χ1n) is 17.4. The van der Waals surface area contributed by atoms with Crippen LogP contribution in [0.1, 0.15) is 114 Å². The lowest BCUT2D eigenvalue weighted by Crippen LogP contribution is -2.37. The van der Waals surface area contributed by atoms with Crippen LogP contribution in [0.5, 0.6) is 0 Å². The van der Waals surface area contributed by atoms with Crippen LogP contribution in [-0.2, 0) is 19.8 Å². The summed E-state index contributed by atoms with van der Waals surface area (Å²) in [6.07, 6.45) is 23.0. The fourth-order valence-electron chi connectivity index (χ4n) is 5.84. The van der Waals surface area contributed by atoms with Crippen molar-refractivity contribution in [2.75, 3.05) is 26.9 Å². The van der Waals surface area contributed by atoms with Crippen molar-refractivity contribution < 1.29 is 14.2 Å². The van der Waals surface area contributed by atoms with Crippen molar-refractivity contribution in [1.29, 1.82) is 0 Å². The Kier molecular flexibility index (Phi) is 18.5. The summed E-state index contributed by atoms with van der Waals surface area (Å²) in [5.41, 5.74) is 2.54. The minimum Gasteiger partial charge on any atom is -0.379 e. The summed E-state index contributed by atoms with van der Waals surface area (Å²) in [4.78, 5) is 0. The van der Waals surface area contributed by atoms with Gasteiger partial charge >= 0.3 is 0 Å². The van der Waals surface area contributed by atoms with Gasteiger partial charge in [0.05, 0.1) is 13.2 Å². The van der Waals surface area contributed by atoms with Gasteiger partial charge in [0, 0.05) is 13.7 Å². The van der Waals surface area contributed by atoms with Gasteiger partial charge in [-0.2, -0.15) is 0 Å². The number of unbranched alkanes of at least 4 members (excludes halogenated alkanes) is 12. The fraction of sp³-hybridized carbons (Fsp3) is 0.512. The van der Waals surface area contributed by atoms with E-state index in [0.29, 0.717) is 13.2 Å². The van der Waals surface area contributed by atoms with E-state index in [0.717, 1.165) is 29.7 Å². The summed E-state index contributed by atoms with van der Waals surface area (Å²) in [6.45, 7) is 3.99. The molecule has 240 valence electrons. The van der Waals surface area contributed by atoms with Gasteiger partial charge < -0.3 is 14.2 Å². The first-order valence-corrected chi connectivity index (χ1v) is 17.4. The molecule has 0 saturated carbocycles. The van der Waals surface area contributed by atoms with Crippen molar-refractivity contribution in [1.82, 2.24) is 0 Å². The summed E-state index contributed by atoms with van der Waals surface area (Å²) >= 11 is 0. The van der Waals surface area contributed by atoms with Crippen LogP contribution in [0.25, 0.3) is 0 Å². The molecule has 1 atom stereocenters. The maximum absolute atomic E-state index is 6.92. The van der Waals surface area contributed by atoms with E-state index in [1.165, 1.54) is 83.5 Å². The Morgan fingerprint density at radius 2 is 0.977 bits per heavy atom. The first-order chi connectivity index (χ1) is 21.8. The van der Waals surface area contributed by atoms with Gasteiger partial charge in [-0.15, -0.1) is 0 Å². The van der Waals surface area contributed by atoms with Crippen molar-refractivity contribution in [3.63, 3.8) is 0 Å². The third kappa shape index (κ3) is 12.7. The molecule has 0 N–H and O–H groups in total. The molecule has 0 aliphatic rings. The van der Waals surface area contributed by atoms with Crippen LogP contribution in [-0.4, -0.2) is 33.0 Å². The molecule has 0 fully saturated rings.